The first kappa shape index (κ1) is 19.1. The molecule has 0 bridgehead atoms. The molecule has 1 N–H and O–H groups in total. The summed E-state index contributed by atoms with van der Waals surface area (Å²) < 4.78 is 10.2. The van der Waals surface area contributed by atoms with Crippen LogP contribution in [0.2, 0.25) is 10.0 Å². The molecule has 0 radical (unpaired) electrons. The molecule has 0 fully saturated rings. The van der Waals surface area contributed by atoms with E-state index < -0.39 is 11.9 Å². The number of hydrogen-bond donors (Lipinski definition) is 1. The van der Waals surface area contributed by atoms with Crippen molar-refractivity contribution in [2.45, 2.75) is 13.5 Å². The lowest BCUT2D eigenvalue weighted by Crippen LogP contribution is -2.29. The molecular weight excluding hydrogens is 365 g/mol. The largest absolute Gasteiger partial charge is 0.482 e. The first-order valence-electron chi connectivity index (χ1n) is 7.50. The second-order valence-electron chi connectivity index (χ2n) is 5.28. The molecule has 0 unspecified atom stereocenters. The number of rotatable bonds is 7. The maximum absolute atomic E-state index is 11.7. The van der Waals surface area contributed by atoms with E-state index in [-0.39, 0.29) is 19.8 Å². The number of carbonyl (C=O) groups excluding carboxylic acids is 2. The number of ether oxygens (including phenoxy) is 2. The molecule has 2 rings (SSSR count). The molecule has 7 heteroatoms. The number of benzene rings is 2. The highest BCUT2D eigenvalue weighted by atomic mass is 35.5. The molecule has 5 nitrogen and oxygen atoms in total. The minimum atomic E-state index is -0.624. The van der Waals surface area contributed by atoms with E-state index in [1.54, 1.807) is 30.3 Å². The molecule has 2 aromatic carbocycles. The lowest BCUT2D eigenvalue weighted by Gasteiger charge is -2.09. The number of amides is 1. The molecule has 132 valence electrons. The van der Waals surface area contributed by atoms with Crippen LogP contribution in [0.3, 0.4) is 0 Å². The Labute approximate surface area is 155 Å². The molecule has 0 aromatic heterocycles. The predicted molar refractivity (Wildman–Crippen MR) is 95.9 cm³/mol. The van der Waals surface area contributed by atoms with Crippen molar-refractivity contribution >= 4 is 35.1 Å². The molecular formula is C18H17Cl2NO4. The van der Waals surface area contributed by atoms with Crippen molar-refractivity contribution in [3.05, 3.63) is 63.6 Å². The maximum atomic E-state index is 11.7. The summed E-state index contributed by atoms with van der Waals surface area (Å²) in [6, 6.07) is 12.3. The Kier molecular flexibility index (Phi) is 7.10. The normalized spacial score (nSPS) is 10.2. The Morgan fingerprint density at radius 1 is 1.08 bits per heavy atom. The van der Waals surface area contributed by atoms with Gasteiger partial charge in [-0.05, 0) is 42.3 Å². The van der Waals surface area contributed by atoms with E-state index in [1.165, 1.54) is 0 Å². The lowest BCUT2D eigenvalue weighted by atomic mass is 10.2. The molecule has 0 atom stereocenters. The van der Waals surface area contributed by atoms with Crippen LogP contribution in [0, 0.1) is 6.92 Å². The van der Waals surface area contributed by atoms with Gasteiger partial charge in [-0.15, -0.1) is 0 Å². The summed E-state index contributed by atoms with van der Waals surface area (Å²) in [7, 11) is 0. The van der Waals surface area contributed by atoms with Gasteiger partial charge in [0.25, 0.3) is 5.91 Å². The van der Waals surface area contributed by atoms with Crippen LogP contribution in [0.25, 0.3) is 0 Å². The van der Waals surface area contributed by atoms with Crippen LogP contribution in [0.5, 0.6) is 5.75 Å². The Balaban J connectivity index is 1.69. The first-order valence-corrected chi connectivity index (χ1v) is 8.25. The topological polar surface area (TPSA) is 64.6 Å². The van der Waals surface area contributed by atoms with E-state index in [0.717, 1.165) is 5.56 Å². The fourth-order valence-corrected chi connectivity index (χ4v) is 2.42. The van der Waals surface area contributed by atoms with Gasteiger partial charge in [0.1, 0.15) is 5.75 Å². The summed E-state index contributed by atoms with van der Waals surface area (Å²) in [5, 5.41) is 3.58. The van der Waals surface area contributed by atoms with Gasteiger partial charge in [0.15, 0.2) is 13.2 Å². The van der Waals surface area contributed by atoms with Gasteiger partial charge in [-0.3, -0.25) is 4.79 Å². The number of halogens is 2. The van der Waals surface area contributed by atoms with Crippen molar-refractivity contribution in [2.24, 2.45) is 0 Å². The van der Waals surface area contributed by atoms with Gasteiger partial charge < -0.3 is 14.8 Å². The van der Waals surface area contributed by atoms with E-state index in [0.29, 0.717) is 21.4 Å². The highest BCUT2D eigenvalue weighted by Crippen LogP contribution is 2.20. The van der Waals surface area contributed by atoms with Crippen molar-refractivity contribution < 1.29 is 19.1 Å². The van der Waals surface area contributed by atoms with Crippen molar-refractivity contribution in [3.8, 4) is 5.75 Å². The summed E-state index contributed by atoms with van der Waals surface area (Å²) in [5.41, 5.74) is 1.74. The van der Waals surface area contributed by atoms with E-state index in [2.05, 4.69) is 5.32 Å². The summed E-state index contributed by atoms with van der Waals surface area (Å²) in [4.78, 5) is 23.3. The fraction of sp³-hybridized carbons (Fsp3) is 0.222. The molecule has 0 spiro atoms. The smallest absolute Gasteiger partial charge is 0.344 e. The molecule has 25 heavy (non-hydrogen) atoms. The zero-order chi connectivity index (χ0) is 18.2. The molecule has 2 aromatic rings. The maximum Gasteiger partial charge on any atom is 0.344 e. The van der Waals surface area contributed by atoms with E-state index in [9.17, 15) is 9.59 Å². The van der Waals surface area contributed by atoms with Gasteiger partial charge in [-0.2, -0.15) is 0 Å². The van der Waals surface area contributed by atoms with Crippen LogP contribution >= 0.6 is 23.2 Å². The number of nitrogens with one attached hydrogen (secondary N) is 1. The van der Waals surface area contributed by atoms with Crippen molar-refractivity contribution in [1.82, 2.24) is 5.32 Å². The molecule has 0 aliphatic heterocycles. The number of aryl methyl sites for hydroxylation is 1. The van der Waals surface area contributed by atoms with Crippen molar-refractivity contribution in [1.29, 1.82) is 0 Å². The molecule has 1 amide bonds. The second-order valence-corrected chi connectivity index (χ2v) is 6.12. The molecule has 0 saturated heterocycles. The van der Waals surface area contributed by atoms with Gasteiger partial charge in [0.05, 0.1) is 0 Å². The van der Waals surface area contributed by atoms with Crippen LogP contribution in [-0.4, -0.2) is 25.1 Å². The SMILES string of the molecule is Cc1cccc(OCC(=O)OCC(=O)NCc2ccc(Cl)cc2Cl)c1. The summed E-state index contributed by atoms with van der Waals surface area (Å²) in [5.74, 6) is -0.491. The van der Waals surface area contributed by atoms with Gasteiger partial charge in [0, 0.05) is 16.6 Å². The second kappa shape index (κ2) is 9.30. The Morgan fingerprint density at radius 3 is 2.60 bits per heavy atom. The lowest BCUT2D eigenvalue weighted by molar-refractivity contribution is -0.150. The van der Waals surface area contributed by atoms with E-state index >= 15 is 0 Å². The average Bonchev–Trinajstić information content (AvgIpc) is 2.57. The van der Waals surface area contributed by atoms with Gasteiger partial charge >= 0.3 is 5.97 Å². The third kappa shape index (κ3) is 6.64. The molecule has 0 aliphatic carbocycles. The predicted octanol–water partition coefficient (Wildman–Crippen LogP) is 3.54. The average molecular weight is 382 g/mol. The zero-order valence-electron chi connectivity index (χ0n) is 13.6. The monoisotopic (exact) mass is 381 g/mol. The summed E-state index contributed by atoms with van der Waals surface area (Å²) in [6.07, 6.45) is 0. The molecule has 0 aliphatic rings. The van der Waals surface area contributed by atoms with Gasteiger partial charge in [0.2, 0.25) is 0 Å². The van der Waals surface area contributed by atoms with Crippen molar-refractivity contribution in [3.63, 3.8) is 0 Å². The minimum absolute atomic E-state index is 0.214. The number of carbonyl (C=O) groups is 2. The van der Waals surface area contributed by atoms with Crippen LogP contribution in [0.4, 0.5) is 0 Å². The highest BCUT2D eigenvalue weighted by molar-refractivity contribution is 6.35. The third-order valence-corrected chi connectivity index (χ3v) is 3.79. The van der Waals surface area contributed by atoms with E-state index in [4.69, 9.17) is 32.7 Å². The van der Waals surface area contributed by atoms with Crippen LogP contribution in [0.15, 0.2) is 42.5 Å². The van der Waals surface area contributed by atoms with Crippen LogP contribution < -0.4 is 10.1 Å². The third-order valence-electron chi connectivity index (χ3n) is 3.20. The summed E-state index contributed by atoms with van der Waals surface area (Å²) in [6.45, 7) is 1.48. The summed E-state index contributed by atoms with van der Waals surface area (Å²) >= 11 is 11.8. The minimum Gasteiger partial charge on any atom is -0.482 e. The molecule has 0 saturated carbocycles. The van der Waals surface area contributed by atoms with E-state index in [1.807, 2.05) is 19.1 Å². The Bertz CT molecular complexity index is 764. The Hall–Kier alpha value is -2.24. The van der Waals surface area contributed by atoms with Gasteiger partial charge in [-0.1, -0.05) is 41.4 Å². The highest BCUT2D eigenvalue weighted by Gasteiger charge is 2.09. The number of esters is 1. The Morgan fingerprint density at radius 2 is 1.88 bits per heavy atom. The van der Waals surface area contributed by atoms with Crippen molar-refractivity contribution in [2.75, 3.05) is 13.2 Å². The number of hydrogen-bond acceptors (Lipinski definition) is 4. The standard InChI is InChI=1S/C18H17Cl2NO4/c1-12-3-2-4-15(7-12)24-11-18(23)25-10-17(22)21-9-13-5-6-14(19)8-16(13)20/h2-8H,9-11H2,1H3,(H,21,22). The van der Waals surface area contributed by atoms with Gasteiger partial charge in [-0.25, -0.2) is 4.79 Å². The molecule has 0 heterocycles. The first-order chi connectivity index (χ1) is 11.9. The zero-order valence-corrected chi connectivity index (χ0v) is 15.1. The quantitative estimate of drug-likeness (QED) is 0.744. The fourth-order valence-electron chi connectivity index (χ4n) is 1.94. The van der Waals surface area contributed by atoms with Crippen LogP contribution in [-0.2, 0) is 20.9 Å². The van der Waals surface area contributed by atoms with Crippen LogP contribution in [0.1, 0.15) is 11.1 Å².